The smallest absolute Gasteiger partial charge is 0.283 e. The van der Waals surface area contributed by atoms with Gasteiger partial charge < -0.3 is 14.8 Å². The van der Waals surface area contributed by atoms with Crippen LogP contribution in [0.1, 0.15) is 10.4 Å². The van der Waals surface area contributed by atoms with E-state index in [1.54, 1.807) is 0 Å². The summed E-state index contributed by atoms with van der Waals surface area (Å²) in [6.07, 6.45) is -0.615. The van der Waals surface area contributed by atoms with E-state index >= 15 is 0 Å². The quantitative estimate of drug-likeness (QED) is 0.488. The Balaban J connectivity index is 2.85. The van der Waals surface area contributed by atoms with Crippen LogP contribution in [-0.2, 0) is 9.47 Å². The van der Waals surface area contributed by atoms with Gasteiger partial charge in [0, 0.05) is 25.3 Å². The first kappa shape index (κ1) is 15.4. The number of nitro benzene ring substituents is 1. The Labute approximate surface area is 114 Å². The number of methoxy groups -OCH3 is 2. The van der Waals surface area contributed by atoms with E-state index in [0.29, 0.717) is 0 Å². The zero-order valence-electron chi connectivity index (χ0n) is 10.4. The van der Waals surface area contributed by atoms with Crippen LogP contribution in [-0.4, -0.2) is 37.9 Å². The molecule has 0 bridgehead atoms. The monoisotopic (exact) mass is 288 g/mol. The van der Waals surface area contributed by atoms with E-state index in [-0.39, 0.29) is 22.8 Å². The number of nitrogens with zero attached hydrogens (tertiary/aromatic N) is 1. The van der Waals surface area contributed by atoms with Crippen molar-refractivity contribution in [1.82, 2.24) is 5.32 Å². The van der Waals surface area contributed by atoms with Crippen molar-refractivity contribution in [3.63, 3.8) is 0 Å². The molecule has 0 saturated heterocycles. The Kier molecular flexibility index (Phi) is 5.68. The number of nitrogens with one attached hydrogen (secondary N) is 1. The first-order valence-electron chi connectivity index (χ1n) is 5.27. The van der Waals surface area contributed by atoms with Gasteiger partial charge in [0.1, 0.15) is 5.56 Å². The lowest BCUT2D eigenvalue weighted by Gasteiger charge is -2.14. The number of benzene rings is 1. The highest BCUT2D eigenvalue weighted by atomic mass is 35.5. The third-order valence-corrected chi connectivity index (χ3v) is 2.59. The summed E-state index contributed by atoms with van der Waals surface area (Å²) in [5.74, 6) is -0.595. The maximum absolute atomic E-state index is 11.8. The number of halogens is 1. The zero-order valence-corrected chi connectivity index (χ0v) is 11.1. The molecule has 7 nitrogen and oxygen atoms in total. The van der Waals surface area contributed by atoms with Gasteiger partial charge in [0.25, 0.3) is 11.6 Å². The predicted octanol–water partition coefficient (Wildman–Crippen LogP) is 1.60. The van der Waals surface area contributed by atoms with E-state index in [1.807, 2.05) is 0 Å². The molecule has 0 unspecified atom stereocenters. The number of amides is 1. The minimum atomic E-state index is -0.662. The third kappa shape index (κ3) is 4.16. The van der Waals surface area contributed by atoms with Gasteiger partial charge in [-0.1, -0.05) is 11.6 Å². The van der Waals surface area contributed by atoms with E-state index in [9.17, 15) is 14.9 Å². The normalized spacial score (nSPS) is 10.5. The summed E-state index contributed by atoms with van der Waals surface area (Å²) in [7, 11) is 2.84. The molecule has 0 aromatic heterocycles. The van der Waals surface area contributed by atoms with Gasteiger partial charge in [-0.25, -0.2) is 0 Å². The van der Waals surface area contributed by atoms with Crippen LogP contribution in [0, 0.1) is 10.1 Å². The van der Waals surface area contributed by atoms with Crippen molar-refractivity contribution in [3.05, 3.63) is 38.9 Å². The first-order chi connectivity index (χ1) is 8.99. The lowest BCUT2D eigenvalue weighted by atomic mass is 10.1. The average molecular weight is 289 g/mol. The summed E-state index contributed by atoms with van der Waals surface area (Å²) in [6.45, 7) is 0.0750. The summed E-state index contributed by atoms with van der Waals surface area (Å²) in [5.41, 5.74) is -0.420. The highest BCUT2D eigenvalue weighted by molar-refractivity contribution is 6.31. The van der Waals surface area contributed by atoms with E-state index < -0.39 is 17.1 Å². The van der Waals surface area contributed by atoms with E-state index in [4.69, 9.17) is 21.1 Å². The van der Waals surface area contributed by atoms with Gasteiger partial charge in [-0.15, -0.1) is 0 Å². The van der Waals surface area contributed by atoms with E-state index in [2.05, 4.69) is 5.32 Å². The SMILES string of the molecule is COC(CNC(=O)c1ccc(Cl)cc1[N+](=O)[O-])OC. The molecule has 0 radical (unpaired) electrons. The standard InChI is InChI=1S/C11H13ClN2O5/c1-18-10(19-2)6-13-11(15)8-4-3-7(12)5-9(8)14(16)17/h3-5,10H,6H2,1-2H3,(H,13,15). The molecule has 19 heavy (non-hydrogen) atoms. The maximum Gasteiger partial charge on any atom is 0.283 e. The lowest BCUT2D eigenvalue weighted by Crippen LogP contribution is -2.34. The fourth-order valence-corrected chi connectivity index (χ4v) is 1.55. The summed E-state index contributed by atoms with van der Waals surface area (Å²) in [6, 6.07) is 3.83. The van der Waals surface area contributed by atoms with Crippen LogP contribution in [0.15, 0.2) is 18.2 Å². The molecule has 0 saturated carbocycles. The third-order valence-electron chi connectivity index (χ3n) is 2.36. The van der Waals surface area contributed by atoms with Crippen molar-refractivity contribution in [2.45, 2.75) is 6.29 Å². The Bertz CT molecular complexity index is 476. The summed E-state index contributed by atoms with van der Waals surface area (Å²) in [5, 5.41) is 13.5. The zero-order chi connectivity index (χ0) is 14.4. The van der Waals surface area contributed by atoms with Gasteiger partial charge in [-0.2, -0.15) is 0 Å². The van der Waals surface area contributed by atoms with Gasteiger partial charge in [0.05, 0.1) is 11.5 Å². The molecule has 0 aliphatic rings. The van der Waals surface area contributed by atoms with Gasteiger partial charge in [0.15, 0.2) is 6.29 Å². The van der Waals surface area contributed by atoms with Crippen LogP contribution in [0.3, 0.4) is 0 Å². The summed E-state index contributed by atoms with van der Waals surface area (Å²) < 4.78 is 9.78. The highest BCUT2D eigenvalue weighted by Gasteiger charge is 2.21. The molecule has 0 heterocycles. The molecule has 1 aromatic carbocycles. The van der Waals surface area contributed by atoms with E-state index in [1.165, 1.54) is 26.4 Å². The molecule has 104 valence electrons. The van der Waals surface area contributed by atoms with Gasteiger partial charge in [-0.05, 0) is 12.1 Å². The second-order valence-electron chi connectivity index (χ2n) is 3.53. The Morgan fingerprint density at radius 3 is 2.63 bits per heavy atom. The molecule has 1 rings (SSSR count). The Morgan fingerprint density at radius 2 is 2.11 bits per heavy atom. The molecule has 0 fully saturated rings. The molecule has 1 amide bonds. The van der Waals surface area contributed by atoms with Crippen molar-refractivity contribution in [2.24, 2.45) is 0 Å². The molecular weight excluding hydrogens is 276 g/mol. The average Bonchev–Trinajstić information content (AvgIpc) is 2.39. The summed E-state index contributed by atoms with van der Waals surface area (Å²) in [4.78, 5) is 22.0. The van der Waals surface area contributed by atoms with Crippen LogP contribution in [0.2, 0.25) is 5.02 Å². The Hall–Kier alpha value is -1.70. The minimum absolute atomic E-state index is 0.0691. The van der Waals surface area contributed by atoms with Crippen LogP contribution in [0.4, 0.5) is 5.69 Å². The fourth-order valence-electron chi connectivity index (χ4n) is 1.38. The maximum atomic E-state index is 11.8. The fraction of sp³-hybridized carbons (Fsp3) is 0.364. The molecule has 1 N–H and O–H groups in total. The van der Waals surface area contributed by atoms with Crippen molar-refractivity contribution in [2.75, 3.05) is 20.8 Å². The number of rotatable bonds is 6. The van der Waals surface area contributed by atoms with Crippen LogP contribution >= 0.6 is 11.6 Å². The van der Waals surface area contributed by atoms with Gasteiger partial charge >= 0.3 is 0 Å². The van der Waals surface area contributed by atoms with Gasteiger partial charge in [0.2, 0.25) is 0 Å². The number of carbonyl (C=O) groups is 1. The molecule has 0 atom stereocenters. The molecule has 8 heteroatoms. The largest absolute Gasteiger partial charge is 0.354 e. The second kappa shape index (κ2) is 7.03. The molecular formula is C11H13ClN2O5. The summed E-state index contributed by atoms with van der Waals surface area (Å²) >= 11 is 5.66. The topological polar surface area (TPSA) is 90.7 Å². The van der Waals surface area contributed by atoms with Crippen molar-refractivity contribution < 1.29 is 19.2 Å². The number of carbonyl (C=O) groups excluding carboxylic acids is 1. The lowest BCUT2D eigenvalue weighted by molar-refractivity contribution is -0.385. The van der Waals surface area contributed by atoms with Crippen molar-refractivity contribution >= 4 is 23.2 Å². The number of hydrogen-bond acceptors (Lipinski definition) is 5. The van der Waals surface area contributed by atoms with Crippen LogP contribution in [0.25, 0.3) is 0 Å². The number of ether oxygens (including phenoxy) is 2. The van der Waals surface area contributed by atoms with Gasteiger partial charge in [-0.3, -0.25) is 14.9 Å². The van der Waals surface area contributed by atoms with Crippen molar-refractivity contribution in [3.8, 4) is 0 Å². The minimum Gasteiger partial charge on any atom is -0.354 e. The first-order valence-corrected chi connectivity index (χ1v) is 5.65. The molecule has 0 aliphatic carbocycles. The van der Waals surface area contributed by atoms with E-state index in [0.717, 1.165) is 6.07 Å². The van der Waals surface area contributed by atoms with Crippen LogP contribution in [0.5, 0.6) is 0 Å². The molecule has 0 spiro atoms. The van der Waals surface area contributed by atoms with Crippen molar-refractivity contribution in [1.29, 1.82) is 0 Å². The number of hydrogen-bond donors (Lipinski definition) is 1. The van der Waals surface area contributed by atoms with Crippen LogP contribution < -0.4 is 5.32 Å². The molecule has 0 aliphatic heterocycles. The highest BCUT2D eigenvalue weighted by Crippen LogP contribution is 2.23. The molecule has 1 aromatic rings. The second-order valence-corrected chi connectivity index (χ2v) is 3.97. The predicted molar refractivity (Wildman–Crippen MR) is 68.2 cm³/mol. The number of nitro groups is 1. The Morgan fingerprint density at radius 1 is 1.47 bits per heavy atom.